The molecule has 8 heteroatoms. The van der Waals surface area contributed by atoms with E-state index >= 15 is 0 Å². The zero-order valence-corrected chi connectivity index (χ0v) is 16.7. The number of carbonyl (C=O) groups excluding carboxylic acids is 2. The van der Waals surface area contributed by atoms with Crippen LogP contribution < -0.4 is 16.4 Å². The first-order valence-electron chi connectivity index (χ1n) is 9.47. The van der Waals surface area contributed by atoms with Crippen LogP contribution in [-0.2, 0) is 24.3 Å². The number of hydrogen-bond donors (Lipinski definition) is 4. The Balaban J connectivity index is 1.54. The van der Waals surface area contributed by atoms with E-state index in [1.54, 1.807) is 30.1 Å². The molecule has 0 spiro atoms. The maximum atomic E-state index is 12.4. The van der Waals surface area contributed by atoms with Crippen LogP contribution in [0.3, 0.4) is 0 Å². The van der Waals surface area contributed by atoms with Gasteiger partial charge in [0, 0.05) is 25.4 Å². The Morgan fingerprint density at radius 3 is 2.27 bits per heavy atom. The number of nitrogens with one attached hydrogen (secondary N) is 3. The number of likely N-dealkylation sites (N-methyl/N-ethyl adjacent to an activating group) is 1. The summed E-state index contributed by atoms with van der Waals surface area (Å²) < 4.78 is 1.70. The molecule has 30 heavy (non-hydrogen) atoms. The SMILES string of the molecule is CNC(=O)Cc1ccc(Cn2cc(C(=O)NCc3ccc(C(=N)N)cc3)cn2)cc1. The number of benzene rings is 2. The van der Waals surface area contributed by atoms with Crippen LogP contribution >= 0.6 is 0 Å². The minimum atomic E-state index is -0.210. The van der Waals surface area contributed by atoms with E-state index in [2.05, 4.69) is 15.7 Å². The first-order chi connectivity index (χ1) is 14.4. The van der Waals surface area contributed by atoms with Gasteiger partial charge in [-0.25, -0.2) is 0 Å². The summed E-state index contributed by atoms with van der Waals surface area (Å²) in [5.41, 5.74) is 9.44. The number of carbonyl (C=O) groups is 2. The second-order valence-corrected chi connectivity index (χ2v) is 6.89. The zero-order valence-electron chi connectivity index (χ0n) is 16.7. The average molecular weight is 404 g/mol. The van der Waals surface area contributed by atoms with E-state index in [4.69, 9.17) is 11.1 Å². The number of nitrogen functional groups attached to an aromatic ring is 1. The van der Waals surface area contributed by atoms with E-state index in [1.165, 1.54) is 6.20 Å². The van der Waals surface area contributed by atoms with Crippen molar-refractivity contribution in [3.05, 3.63) is 88.7 Å². The molecule has 0 bridgehead atoms. The fourth-order valence-corrected chi connectivity index (χ4v) is 2.88. The lowest BCUT2D eigenvalue weighted by atomic mass is 10.1. The van der Waals surface area contributed by atoms with Crippen molar-refractivity contribution in [1.82, 2.24) is 20.4 Å². The van der Waals surface area contributed by atoms with Crippen LogP contribution in [0, 0.1) is 5.41 Å². The number of rotatable bonds is 8. The van der Waals surface area contributed by atoms with Gasteiger partial charge in [0.2, 0.25) is 5.91 Å². The van der Waals surface area contributed by atoms with E-state index in [0.717, 1.165) is 16.7 Å². The van der Waals surface area contributed by atoms with Crippen molar-refractivity contribution < 1.29 is 9.59 Å². The van der Waals surface area contributed by atoms with Gasteiger partial charge in [-0.05, 0) is 16.7 Å². The number of aromatic nitrogens is 2. The van der Waals surface area contributed by atoms with E-state index in [-0.39, 0.29) is 17.6 Å². The summed E-state index contributed by atoms with van der Waals surface area (Å²) in [6.07, 6.45) is 3.58. The molecule has 1 aromatic heterocycles. The molecule has 0 unspecified atom stereocenters. The maximum Gasteiger partial charge on any atom is 0.254 e. The topological polar surface area (TPSA) is 126 Å². The maximum absolute atomic E-state index is 12.4. The van der Waals surface area contributed by atoms with Gasteiger partial charge < -0.3 is 16.4 Å². The second-order valence-electron chi connectivity index (χ2n) is 6.89. The van der Waals surface area contributed by atoms with Crippen LogP contribution in [0.15, 0.2) is 60.9 Å². The normalized spacial score (nSPS) is 10.4. The minimum absolute atomic E-state index is 0.0131. The molecule has 0 aliphatic carbocycles. The largest absolute Gasteiger partial charge is 0.384 e. The van der Waals surface area contributed by atoms with Crippen molar-refractivity contribution >= 4 is 17.6 Å². The van der Waals surface area contributed by atoms with Gasteiger partial charge in [-0.15, -0.1) is 0 Å². The van der Waals surface area contributed by atoms with Gasteiger partial charge in [0.1, 0.15) is 5.84 Å². The number of nitrogens with zero attached hydrogens (tertiary/aromatic N) is 2. The van der Waals surface area contributed by atoms with Gasteiger partial charge in [-0.2, -0.15) is 5.10 Å². The predicted molar refractivity (Wildman–Crippen MR) is 114 cm³/mol. The summed E-state index contributed by atoms with van der Waals surface area (Å²) >= 11 is 0. The van der Waals surface area contributed by atoms with Gasteiger partial charge in [0.25, 0.3) is 5.91 Å². The monoisotopic (exact) mass is 404 g/mol. The highest BCUT2D eigenvalue weighted by Crippen LogP contribution is 2.09. The third-order valence-electron chi connectivity index (χ3n) is 4.62. The third kappa shape index (κ3) is 5.54. The van der Waals surface area contributed by atoms with Gasteiger partial charge in [0.05, 0.1) is 24.7 Å². The highest BCUT2D eigenvalue weighted by atomic mass is 16.2. The lowest BCUT2D eigenvalue weighted by Crippen LogP contribution is -2.22. The Labute approximate surface area is 174 Å². The van der Waals surface area contributed by atoms with Crippen molar-refractivity contribution in [1.29, 1.82) is 5.41 Å². The molecule has 0 saturated heterocycles. The molecule has 2 amide bonds. The van der Waals surface area contributed by atoms with Crippen LogP contribution in [-0.4, -0.2) is 34.5 Å². The molecule has 3 rings (SSSR count). The van der Waals surface area contributed by atoms with Crippen LogP contribution in [0.2, 0.25) is 0 Å². The summed E-state index contributed by atoms with van der Waals surface area (Å²) in [4.78, 5) is 23.8. The minimum Gasteiger partial charge on any atom is -0.384 e. The lowest BCUT2D eigenvalue weighted by Gasteiger charge is -2.05. The Bertz CT molecular complexity index is 1040. The van der Waals surface area contributed by atoms with Gasteiger partial charge in [0.15, 0.2) is 0 Å². The highest BCUT2D eigenvalue weighted by molar-refractivity contribution is 5.95. The van der Waals surface area contributed by atoms with Crippen molar-refractivity contribution in [2.24, 2.45) is 5.73 Å². The van der Waals surface area contributed by atoms with Crippen LogP contribution in [0.5, 0.6) is 0 Å². The van der Waals surface area contributed by atoms with E-state index < -0.39 is 0 Å². The fourth-order valence-electron chi connectivity index (χ4n) is 2.88. The highest BCUT2D eigenvalue weighted by Gasteiger charge is 2.09. The van der Waals surface area contributed by atoms with Crippen LogP contribution in [0.25, 0.3) is 0 Å². The number of amidine groups is 1. The second kappa shape index (κ2) is 9.51. The smallest absolute Gasteiger partial charge is 0.254 e. The zero-order chi connectivity index (χ0) is 21.5. The molecule has 2 aromatic carbocycles. The summed E-state index contributed by atoms with van der Waals surface area (Å²) in [5.74, 6) is -0.225. The molecule has 0 fully saturated rings. The molecule has 0 aliphatic heterocycles. The Hall–Kier alpha value is -3.94. The van der Waals surface area contributed by atoms with E-state index in [1.807, 2.05) is 36.4 Å². The Morgan fingerprint density at radius 2 is 1.63 bits per heavy atom. The summed E-state index contributed by atoms with van der Waals surface area (Å²) in [6, 6.07) is 14.9. The van der Waals surface area contributed by atoms with E-state index in [9.17, 15) is 9.59 Å². The average Bonchev–Trinajstić information content (AvgIpc) is 3.22. The molecule has 0 saturated carbocycles. The molecular weight excluding hydrogens is 380 g/mol. The van der Waals surface area contributed by atoms with Gasteiger partial charge in [-0.1, -0.05) is 48.5 Å². The number of hydrogen-bond acceptors (Lipinski definition) is 4. The van der Waals surface area contributed by atoms with Crippen molar-refractivity contribution in [3.8, 4) is 0 Å². The molecule has 8 nitrogen and oxygen atoms in total. The molecular formula is C22H24N6O2. The number of nitrogens with two attached hydrogens (primary N) is 1. The lowest BCUT2D eigenvalue weighted by molar-refractivity contribution is -0.119. The van der Waals surface area contributed by atoms with E-state index in [0.29, 0.717) is 30.6 Å². The Morgan fingerprint density at radius 1 is 1.00 bits per heavy atom. The molecule has 5 N–H and O–H groups in total. The Kier molecular flexibility index (Phi) is 6.59. The first kappa shape index (κ1) is 20.8. The quantitative estimate of drug-likeness (QED) is 0.335. The van der Waals surface area contributed by atoms with Crippen LogP contribution in [0.4, 0.5) is 0 Å². The summed E-state index contributed by atoms with van der Waals surface area (Å²) in [7, 11) is 1.62. The molecule has 0 atom stereocenters. The molecule has 154 valence electrons. The summed E-state index contributed by atoms with van der Waals surface area (Å²) in [6.45, 7) is 0.898. The molecule has 1 heterocycles. The number of amides is 2. The third-order valence-corrected chi connectivity index (χ3v) is 4.62. The summed E-state index contributed by atoms with van der Waals surface area (Å²) in [5, 5.41) is 17.1. The molecule has 3 aromatic rings. The fraction of sp³-hybridized carbons (Fsp3) is 0.182. The predicted octanol–water partition coefficient (Wildman–Crippen LogP) is 1.43. The van der Waals surface area contributed by atoms with Crippen molar-refractivity contribution in [2.45, 2.75) is 19.5 Å². The first-order valence-corrected chi connectivity index (χ1v) is 9.47. The van der Waals surface area contributed by atoms with Crippen molar-refractivity contribution in [3.63, 3.8) is 0 Å². The molecule has 0 aliphatic rings. The van der Waals surface area contributed by atoms with Gasteiger partial charge >= 0.3 is 0 Å². The van der Waals surface area contributed by atoms with Crippen LogP contribution in [0.1, 0.15) is 32.6 Å². The van der Waals surface area contributed by atoms with Crippen molar-refractivity contribution in [2.75, 3.05) is 7.05 Å². The van der Waals surface area contributed by atoms with Gasteiger partial charge in [-0.3, -0.25) is 19.7 Å². The molecule has 0 radical (unpaired) electrons. The standard InChI is InChI=1S/C22H24N6O2/c1-25-20(29)10-15-2-4-17(5-3-15)13-28-14-19(12-27-28)22(30)26-11-16-6-8-18(9-7-16)21(23)24/h2-9,12,14H,10-11,13H2,1H3,(H3,23,24)(H,25,29)(H,26,30).